The molecule has 0 saturated carbocycles. The summed E-state index contributed by atoms with van der Waals surface area (Å²) in [7, 11) is 0. The van der Waals surface area contributed by atoms with E-state index < -0.39 is 0 Å². The Bertz CT molecular complexity index is 511. The van der Waals surface area contributed by atoms with Gasteiger partial charge in [0.25, 0.3) is 0 Å². The Balaban J connectivity index is 2.36. The van der Waals surface area contributed by atoms with Crippen LogP contribution in [0.4, 0.5) is 0 Å². The van der Waals surface area contributed by atoms with Crippen LogP contribution in [-0.2, 0) is 6.42 Å². The number of rotatable bonds is 4. The first-order valence-electron chi connectivity index (χ1n) is 5.91. The highest BCUT2D eigenvalue weighted by molar-refractivity contribution is 9.10. The van der Waals surface area contributed by atoms with Gasteiger partial charge in [-0.2, -0.15) is 0 Å². The van der Waals surface area contributed by atoms with Gasteiger partial charge in [-0.05, 0) is 45.6 Å². The number of hydrogen-bond acceptors (Lipinski definition) is 3. The standard InChI is InChI=1S/C14H16BrN3/c1-2-10-5-7-11(8-6-10)13(18-16)14-12(15)4-3-9-17-14/h3-9,13,18H,2,16H2,1H3. The van der Waals surface area contributed by atoms with Gasteiger partial charge in [0.2, 0.25) is 0 Å². The number of nitrogens with two attached hydrogens (primary N) is 1. The van der Waals surface area contributed by atoms with Crippen molar-refractivity contribution in [1.82, 2.24) is 10.4 Å². The van der Waals surface area contributed by atoms with Crippen molar-refractivity contribution >= 4 is 15.9 Å². The van der Waals surface area contributed by atoms with E-state index >= 15 is 0 Å². The molecular formula is C14H16BrN3. The van der Waals surface area contributed by atoms with Crippen molar-refractivity contribution in [3.63, 3.8) is 0 Å². The van der Waals surface area contributed by atoms with Crippen LogP contribution in [-0.4, -0.2) is 4.98 Å². The predicted molar refractivity (Wildman–Crippen MR) is 76.9 cm³/mol. The smallest absolute Gasteiger partial charge is 0.0892 e. The number of halogens is 1. The molecule has 3 nitrogen and oxygen atoms in total. The molecule has 1 atom stereocenters. The van der Waals surface area contributed by atoms with Gasteiger partial charge in [-0.15, -0.1) is 0 Å². The van der Waals surface area contributed by atoms with E-state index in [0.717, 1.165) is 22.2 Å². The van der Waals surface area contributed by atoms with Crippen LogP contribution >= 0.6 is 15.9 Å². The second-order valence-electron chi connectivity index (χ2n) is 4.07. The highest BCUT2D eigenvalue weighted by atomic mass is 79.9. The average molecular weight is 306 g/mol. The molecule has 0 saturated heterocycles. The Morgan fingerprint density at radius 3 is 2.56 bits per heavy atom. The minimum Gasteiger partial charge on any atom is -0.271 e. The van der Waals surface area contributed by atoms with Crippen LogP contribution in [0.25, 0.3) is 0 Å². The molecule has 2 rings (SSSR count). The van der Waals surface area contributed by atoms with Crippen molar-refractivity contribution in [2.24, 2.45) is 5.84 Å². The molecule has 1 aromatic carbocycles. The second kappa shape index (κ2) is 6.09. The SMILES string of the molecule is CCc1ccc(C(NN)c2ncccc2Br)cc1. The molecule has 1 heterocycles. The lowest BCUT2D eigenvalue weighted by Crippen LogP contribution is -2.29. The maximum absolute atomic E-state index is 5.67. The Morgan fingerprint density at radius 1 is 1.28 bits per heavy atom. The van der Waals surface area contributed by atoms with Gasteiger partial charge >= 0.3 is 0 Å². The molecule has 0 aliphatic carbocycles. The molecule has 0 aliphatic heterocycles. The molecular weight excluding hydrogens is 290 g/mol. The largest absolute Gasteiger partial charge is 0.271 e. The maximum Gasteiger partial charge on any atom is 0.0892 e. The van der Waals surface area contributed by atoms with E-state index in [1.165, 1.54) is 5.56 Å². The molecule has 2 aromatic rings. The Kier molecular flexibility index (Phi) is 4.47. The molecule has 4 heteroatoms. The Morgan fingerprint density at radius 2 is 2.00 bits per heavy atom. The fourth-order valence-corrected chi connectivity index (χ4v) is 2.37. The summed E-state index contributed by atoms with van der Waals surface area (Å²) in [6.07, 6.45) is 2.80. The third-order valence-corrected chi connectivity index (χ3v) is 3.62. The molecule has 0 spiro atoms. The number of hydrazine groups is 1. The van der Waals surface area contributed by atoms with Gasteiger partial charge in [0, 0.05) is 10.7 Å². The zero-order valence-electron chi connectivity index (χ0n) is 10.2. The molecule has 1 aromatic heterocycles. The van der Waals surface area contributed by atoms with E-state index in [1.807, 2.05) is 12.1 Å². The van der Waals surface area contributed by atoms with Gasteiger partial charge in [0.1, 0.15) is 0 Å². The summed E-state index contributed by atoms with van der Waals surface area (Å²) in [4.78, 5) is 4.38. The third-order valence-electron chi connectivity index (χ3n) is 2.95. The zero-order chi connectivity index (χ0) is 13.0. The fourth-order valence-electron chi connectivity index (χ4n) is 1.89. The van der Waals surface area contributed by atoms with Gasteiger partial charge < -0.3 is 0 Å². The summed E-state index contributed by atoms with van der Waals surface area (Å²) in [6, 6.07) is 12.2. The summed E-state index contributed by atoms with van der Waals surface area (Å²) in [6.45, 7) is 2.14. The van der Waals surface area contributed by atoms with Gasteiger partial charge in [0.05, 0.1) is 11.7 Å². The van der Waals surface area contributed by atoms with Gasteiger partial charge in [-0.3, -0.25) is 10.8 Å². The molecule has 1 unspecified atom stereocenters. The first-order chi connectivity index (χ1) is 8.76. The van der Waals surface area contributed by atoms with Crippen LogP contribution in [0.2, 0.25) is 0 Å². The highest BCUT2D eigenvalue weighted by Crippen LogP contribution is 2.26. The minimum atomic E-state index is -0.105. The van der Waals surface area contributed by atoms with Crippen LogP contribution < -0.4 is 11.3 Å². The van der Waals surface area contributed by atoms with Crippen LogP contribution in [0.5, 0.6) is 0 Å². The normalized spacial score (nSPS) is 12.4. The topological polar surface area (TPSA) is 50.9 Å². The number of pyridine rings is 1. The molecule has 3 N–H and O–H groups in total. The maximum atomic E-state index is 5.67. The van der Waals surface area contributed by atoms with E-state index in [-0.39, 0.29) is 6.04 Å². The number of nitrogens with zero attached hydrogens (tertiary/aromatic N) is 1. The summed E-state index contributed by atoms with van der Waals surface area (Å²) in [5.74, 6) is 5.67. The van der Waals surface area contributed by atoms with Crippen molar-refractivity contribution in [3.05, 3.63) is 63.9 Å². The molecule has 18 heavy (non-hydrogen) atoms. The molecule has 0 amide bonds. The first-order valence-corrected chi connectivity index (χ1v) is 6.71. The summed E-state index contributed by atoms with van der Waals surface area (Å²) >= 11 is 3.51. The minimum absolute atomic E-state index is 0.105. The van der Waals surface area contributed by atoms with E-state index in [4.69, 9.17) is 5.84 Å². The monoisotopic (exact) mass is 305 g/mol. The number of aryl methyl sites for hydroxylation is 1. The van der Waals surface area contributed by atoms with Crippen molar-refractivity contribution in [2.45, 2.75) is 19.4 Å². The van der Waals surface area contributed by atoms with Gasteiger partial charge in [0.15, 0.2) is 0 Å². The van der Waals surface area contributed by atoms with Crippen molar-refractivity contribution < 1.29 is 0 Å². The summed E-state index contributed by atoms with van der Waals surface area (Å²) in [5, 5.41) is 0. The van der Waals surface area contributed by atoms with Crippen molar-refractivity contribution in [1.29, 1.82) is 0 Å². The van der Waals surface area contributed by atoms with E-state index in [9.17, 15) is 0 Å². The number of nitrogens with one attached hydrogen (secondary N) is 1. The third kappa shape index (κ3) is 2.77. The van der Waals surface area contributed by atoms with Crippen LogP contribution in [0.1, 0.15) is 29.8 Å². The Labute approximate surface area is 116 Å². The number of aromatic nitrogens is 1. The average Bonchev–Trinajstić information content (AvgIpc) is 2.42. The van der Waals surface area contributed by atoms with E-state index in [1.54, 1.807) is 6.20 Å². The summed E-state index contributed by atoms with van der Waals surface area (Å²) in [5.41, 5.74) is 6.13. The van der Waals surface area contributed by atoms with E-state index in [2.05, 4.69) is 57.5 Å². The second-order valence-corrected chi connectivity index (χ2v) is 4.92. The highest BCUT2D eigenvalue weighted by Gasteiger charge is 2.16. The lowest BCUT2D eigenvalue weighted by atomic mass is 10.0. The van der Waals surface area contributed by atoms with Gasteiger partial charge in [-0.1, -0.05) is 31.2 Å². The number of hydrogen-bond donors (Lipinski definition) is 2. The zero-order valence-corrected chi connectivity index (χ0v) is 11.8. The molecule has 0 bridgehead atoms. The molecule has 94 valence electrons. The van der Waals surface area contributed by atoms with Crippen LogP contribution in [0.3, 0.4) is 0 Å². The fraction of sp³-hybridized carbons (Fsp3) is 0.214. The predicted octanol–water partition coefficient (Wildman–Crippen LogP) is 2.96. The quantitative estimate of drug-likeness (QED) is 0.674. The molecule has 0 radical (unpaired) electrons. The summed E-state index contributed by atoms with van der Waals surface area (Å²) < 4.78 is 0.951. The van der Waals surface area contributed by atoms with Crippen molar-refractivity contribution in [3.8, 4) is 0 Å². The van der Waals surface area contributed by atoms with E-state index in [0.29, 0.717) is 0 Å². The lowest BCUT2D eigenvalue weighted by Gasteiger charge is -2.17. The molecule has 0 aliphatic rings. The van der Waals surface area contributed by atoms with Crippen LogP contribution in [0, 0.1) is 0 Å². The lowest BCUT2D eigenvalue weighted by molar-refractivity contribution is 0.618. The molecule has 0 fully saturated rings. The van der Waals surface area contributed by atoms with Crippen LogP contribution in [0.15, 0.2) is 47.1 Å². The first kappa shape index (κ1) is 13.2. The van der Waals surface area contributed by atoms with Crippen molar-refractivity contribution in [2.75, 3.05) is 0 Å². The van der Waals surface area contributed by atoms with Gasteiger partial charge in [-0.25, -0.2) is 5.43 Å². The number of benzene rings is 1. The Hall–Kier alpha value is -1.23.